The van der Waals surface area contributed by atoms with Crippen LogP contribution < -0.4 is 0 Å². The molecule has 1 heterocycles. The highest BCUT2D eigenvalue weighted by Gasteiger charge is 2.30. The molecule has 2 atom stereocenters. The van der Waals surface area contributed by atoms with Crippen LogP contribution in [0.5, 0.6) is 0 Å². The number of rotatable bonds is 3. The highest BCUT2D eigenvalue weighted by molar-refractivity contribution is 5.73. The van der Waals surface area contributed by atoms with E-state index in [1.54, 1.807) is 0 Å². The average Bonchev–Trinajstić information content (AvgIpc) is 2.64. The molecule has 1 saturated heterocycles. The van der Waals surface area contributed by atoms with Crippen molar-refractivity contribution in [2.75, 3.05) is 6.54 Å². The van der Waals surface area contributed by atoms with Gasteiger partial charge in [-0.3, -0.25) is 9.69 Å². The Labute approximate surface area is 108 Å². The number of carboxylic acid groups (broad SMARTS) is 1. The maximum absolute atomic E-state index is 11.4. The van der Waals surface area contributed by atoms with Gasteiger partial charge < -0.3 is 5.11 Å². The first-order valence-corrected chi connectivity index (χ1v) is 6.73. The lowest BCUT2D eigenvalue weighted by Gasteiger charge is -2.33. The quantitative estimate of drug-likeness (QED) is 0.892. The lowest BCUT2D eigenvalue weighted by Crippen LogP contribution is -2.42. The molecule has 0 bridgehead atoms. The summed E-state index contributed by atoms with van der Waals surface area (Å²) in [5.41, 5.74) is 1.20. The van der Waals surface area contributed by atoms with Crippen LogP contribution in [0.2, 0.25) is 0 Å². The summed E-state index contributed by atoms with van der Waals surface area (Å²) in [6.45, 7) is 2.99. The van der Waals surface area contributed by atoms with Crippen LogP contribution in [0.15, 0.2) is 30.3 Å². The Kier molecular flexibility index (Phi) is 4.37. The fourth-order valence-electron chi connectivity index (χ4n) is 2.78. The van der Waals surface area contributed by atoms with E-state index in [2.05, 4.69) is 24.0 Å². The van der Waals surface area contributed by atoms with Crippen molar-refractivity contribution in [2.45, 2.75) is 44.7 Å². The molecule has 1 aromatic carbocycles. The summed E-state index contributed by atoms with van der Waals surface area (Å²) >= 11 is 0. The first kappa shape index (κ1) is 13.1. The second kappa shape index (κ2) is 6.01. The average molecular weight is 247 g/mol. The first-order valence-electron chi connectivity index (χ1n) is 6.73. The number of carboxylic acids is 1. The summed E-state index contributed by atoms with van der Waals surface area (Å²) in [6.07, 6.45) is 4.03. The molecule has 1 aromatic rings. The van der Waals surface area contributed by atoms with Gasteiger partial charge in [0.2, 0.25) is 0 Å². The molecule has 98 valence electrons. The minimum Gasteiger partial charge on any atom is -0.480 e. The van der Waals surface area contributed by atoms with Crippen LogP contribution in [0, 0.1) is 0 Å². The molecule has 3 nitrogen and oxygen atoms in total. The Morgan fingerprint density at radius 3 is 2.67 bits per heavy atom. The summed E-state index contributed by atoms with van der Waals surface area (Å²) < 4.78 is 0. The zero-order valence-electron chi connectivity index (χ0n) is 10.9. The van der Waals surface area contributed by atoms with Crippen molar-refractivity contribution in [1.82, 2.24) is 4.90 Å². The molecule has 2 rings (SSSR count). The van der Waals surface area contributed by atoms with E-state index in [9.17, 15) is 9.90 Å². The molecule has 1 N–H and O–H groups in total. The molecule has 3 heteroatoms. The number of likely N-dealkylation sites (tertiary alicyclic amines) is 1. The number of hydrogen-bond donors (Lipinski definition) is 1. The van der Waals surface area contributed by atoms with Crippen molar-refractivity contribution in [3.63, 3.8) is 0 Å². The zero-order valence-corrected chi connectivity index (χ0v) is 10.9. The third kappa shape index (κ3) is 2.91. The van der Waals surface area contributed by atoms with Crippen LogP contribution in [0.1, 0.15) is 44.2 Å². The van der Waals surface area contributed by atoms with Crippen molar-refractivity contribution in [3.8, 4) is 0 Å². The van der Waals surface area contributed by atoms with Gasteiger partial charge in [-0.25, -0.2) is 0 Å². The standard InChI is InChI=1S/C15H21NO2/c1-12(13-8-4-2-5-9-13)16-11-7-3-6-10-14(16)15(17)18/h2,4-5,8-9,12,14H,3,6-7,10-11H2,1H3,(H,17,18). The molecule has 18 heavy (non-hydrogen) atoms. The Bertz CT molecular complexity index is 391. The number of nitrogens with zero attached hydrogens (tertiary/aromatic N) is 1. The SMILES string of the molecule is CC(c1ccccc1)N1CCCCCC1C(=O)O. The monoisotopic (exact) mass is 247 g/mol. The number of benzene rings is 1. The van der Waals surface area contributed by atoms with Gasteiger partial charge in [-0.2, -0.15) is 0 Å². The molecule has 2 unspecified atom stereocenters. The maximum Gasteiger partial charge on any atom is 0.320 e. The van der Waals surface area contributed by atoms with Crippen LogP contribution in [0.3, 0.4) is 0 Å². The third-order valence-electron chi connectivity index (χ3n) is 3.86. The highest BCUT2D eigenvalue weighted by Crippen LogP contribution is 2.27. The van der Waals surface area contributed by atoms with E-state index in [0.717, 1.165) is 32.2 Å². The Morgan fingerprint density at radius 2 is 2.00 bits per heavy atom. The molecule has 1 aliphatic heterocycles. The minimum absolute atomic E-state index is 0.172. The normalized spacial score (nSPS) is 23.3. The highest BCUT2D eigenvalue weighted by atomic mass is 16.4. The van der Waals surface area contributed by atoms with E-state index in [4.69, 9.17) is 0 Å². The van der Waals surface area contributed by atoms with Crippen molar-refractivity contribution < 1.29 is 9.90 Å². The molecular weight excluding hydrogens is 226 g/mol. The molecule has 1 aliphatic rings. The van der Waals surface area contributed by atoms with Crippen molar-refractivity contribution in [1.29, 1.82) is 0 Å². The summed E-state index contributed by atoms with van der Waals surface area (Å²) in [5, 5.41) is 9.39. The largest absolute Gasteiger partial charge is 0.480 e. The molecule has 0 aromatic heterocycles. The first-order chi connectivity index (χ1) is 8.70. The van der Waals surface area contributed by atoms with Crippen LogP contribution in [0.25, 0.3) is 0 Å². The smallest absolute Gasteiger partial charge is 0.320 e. The minimum atomic E-state index is -0.681. The van der Waals surface area contributed by atoms with Gasteiger partial charge in [-0.15, -0.1) is 0 Å². The van der Waals surface area contributed by atoms with Gasteiger partial charge in [0.05, 0.1) is 0 Å². The predicted molar refractivity (Wildman–Crippen MR) is 71.5 cm³/mol. The van der Waals surface area contributed by atoms with Crippen molar-refractivity contribution >= 4 is 5.97 Å². The van der Waals surface area contributed by atoms with E-state index >= 15 is 0 Å². The maximum atomic E-state index is 11.4. The summed E-state index contributed by atoms with van der Waals surface area (Å²) in [6, 6.07) is 10.0. The van der Waals surface area contributed by atoms with Gasteiger partial charge in [0.1, 0.15) is 6.04 Å². The lowest BCUT2D eigenvalue weighted by molar-refractivity contribution is -0.144. The van der Waals surface area contributed by atoms with Crippen LogP contribution in [-0.4, -0.2) is 28.6 Å². The fourth-order valence-corrected chi connectivity index (χ4v) is 2.78. The van der Waals surface area contributed by atoms with Gasteiger partial charge in [0.25, 0.3) is 0 Å². The molecule has 1 fully saturated rings. The molecular formula is C15H21NO2. The van der Waals surface area contributed by atoms with E-state index in [-0.39, 0.29) is 12.1 Å². The van der Waals surface area contributed by atoms with Gasteiger partial charge in [0.15, 0.2) is 0 Å². The molecule has 0 amide bonds. The van der Waals surface area contributed by atoms with E-state index in [1.165, 1.54) is 5.56 Å². The molecule has 0 saturated carbocycles. The second-order valence-corrected chi connectivity index (χ2v) is 5.03. The lowest BCUT2D eigenvalue weighted by atomic mass is 10.0. The van der Waals surface area contributed by atoms with E-state index in [0.29, 0.717) is 0 Å². The fraction of sp³-hybridized carbons (Fsp3) is 0.533. The summed E-state index contributed by atoms with van der Waals surface area (Å²) in [7, 11) is 0. The summed E-state index contributed by atoms with van der Waals surface area (Å²) in [5.74, 6) is -0.681. The van der Waals surface area contributed by atoms with Crippen LogP contribution in [0.4, 0.5) is 0 Å². The second-order valence-electron chi connectivity index (χ2n) is 5.03. The van der Waals surface area contributed by atoms with Gasteiger partial charge in [0, 0.05) is 6.04 Å². The number of hydrogen-bond acceptors (Lipinski definition) is 2. The molecule has 0 radical (unpaired) electrons. The van der Waals surface area contributed by atoms with Gasteiger partial charge in [-0.1, -0.05) is 43.2 Å². The number of carbonyl (C=O) groups is 1. The van der Waals surface area contributed by atoms with Crippen molar-refractivity contribution in [2.24, 2.45) is 0 Å². The summed E-state index contributed by atoms with van der Waals surface area (Å²) in [4.78, 5) is 13.6. The van der Waals surface area contributed by atoms with Gasteiger partial charge >= 0.3 is 5.97 Å². The van der Waals surface area contributed by atoms with Crippen LogP contribution >= 0.6 is 0 Å². The van der Waals surface area contributed by atoms with E-state index in [1.807, 2.05) is 18.2 Å². The van der Waals surface area contributed by atoms with Crippen LogP contribution in [-0.2, 0) is 4.79 Å². The van der Waals surface area contributed by atoms with E-state index < -0.39 is 5.97 Å². The Morgan fingerprint density at radius 1 is 1.28 bits per heavy atom. The Hall–Kier alpha value is -1.35. The molecule has 0 spiro atoms. The predicted octanol–water partition coefficient (Wildman–Crippen LogP) is 3.08. The Balaban J connectivity index is 2.19. The number of aliphatic carboxylic acids is 1. The third-order valence-corrected chi connectivity index (χ3v) is 3.86. The molecule has 0 aliphatic carbocycles. The van der Waals surface area contributed by atoms with Crippen molar-refractivity contribution in [3.05, 3.63) is 35.9 Å². The zero-order chi connectivity index (χ0) is 13.0. The topological polar surface area (TPSA) is 40.5 Å². The van der Waals surface area contributed by atoms with Gasteiger partial charge in [-0.05, 0) is 31.9 Å².